The van der Waals surface area contributed by atoms with Crippen LogP contribution in [0, 0.1) is 5.92 Å². The molecule has 0 saturated heterocycles. The average Bonchev–Trinajstić information content (AvgIpc) is 2.39. The number of hydrogen-bond acceptors (Lipinski definition) is 3. The van der Waals surface area contributed by atoms with Crippen LogP contribution in [0.25, 0.3) is 0 Å². The number of sulfone groups is 1. The smallest absolute Gasteiger partial charge is 0.337 e. The van der Waals surface area contributed by atoms with E-state index in [2.05, 4.69) is 15.9 Å². The highest BCUT2D eigenvalue weighted by molar-refractivity contribution is 9.10. The van der Waals surface area contributed by atoms with Gasteiger partial charge in [0.05, 0.1) is 16.2 Å². The van der Waals surface area contributed by atoms with Crippen molar-refractivity contribution in [3.63, 3.8) is 0 Å². The minimum absolute atomic E-state index is 0.0454. The summed E-state index contributed by atoms with van der Waals surface area (Å²) >= 11 is 3.21. The van der Waals surface area contributed by atoms with Gasteiger partial charge in [0, 0.05) is 4.47 Å². The van der Waals surface area contributed by atoms with Crippen molar-refractivity contribution in [2.45, 2.75) is 37.0 Å². The molecule has 0 aliphatic heterocycles. The largest absolute Gasteiger partial charge is 0.478 e. The van der Waals surface area contributed by atoms with Gasteiger partial charge >= 0.3 is 5.97 Å². The van der Waals surface area contributed by atoms with Crippen LogP contribution >= 0.6 is 15.9 Å². The van der Waals surface area contributed by atoms with Crippen molar-refractivity contribution in [2.75, 3.05) is 5.75 Å². The number of hydrogen-bond donors (Lipinski definition) is 1. The predicted molar refractivity (Wildman–Crippen MR) is 79.7 cm³/mol. The predicted octanol–water partition coefficient (Wildman–Crippen LogP) is 3.50. The van der Waals surface area contributed by atoms with Crippen molar-refractivity contribution in [2.24, 2.45) is 5.92 Å². The monoisotopic (exact) mass is 360 g/mol. The van der Waals surface area contributed by atoms with E-state index in [1.807, 2.05) is 0 Å². The third-order valence-corrected chi connectivity index (χ3v) is 6.10. The zero-order chi connectivity index (χ0) is 14.8. The summed E-state index contributed by atoms with van der Waals surface area (Å²) in [4.78, 5) is 11.1. The molecule has 1 fully saturated rings. The quantitative estimate of drug-likeness (QED) is 0.891. The van der Waals surface area contributed by atoms with E-state index in [4.69, 9.17) is 5.11 Å². The Balaban J connectivity index is 2.32. The molecule has 4 nitrogen and oxygen atoms in total. The van der Waals surface area contributed by atoms with Gasteiger partial charge < -0.3 is 5.11 Å². The van der Waals surface area contributed by atoms with Crippen LogP contribution in [0.1, 0.15) is 42.5 Å². The summed E-state index contributed by atoms with van der Waals surface area (Å²) < 4.78 is 25.6. The highest BCUT2D eigenvalue weighted by Gasteiger charge is 2.27. The van der Waals surface area contributed by atoms with E-state index >= 15 is 0 Å². The molecule has 0 aromatic heterocycles. The van der Waals surface area contributed by atoms with Crippen molar-refractivity contribution in [1.29, 1.82) is 0 Å². The molecule has 1 aliphatic carbocycles. The maximum absolute atomic E-state index is 12.5. The Bertz CT molecular complexity index is 604. The molecule has 1 N–H and O–H groups in total. The minimum Gasteiger partial charge on any atom is -0.478 e. The molecule has 2 rings (SSSR count). The molecule has 0 unspecified atom stereocenters. The van der Waals surface area contributed by atoms with Gasteiger partial charge in [-0.2, -0.15) is 0 Å². The number of carbonyl (C=O) groups is 1. The highest BCUT2D eigenvalue weighted by atomic mass is 79.9. The van der Waals surface area contributed by atoms with Crippen molar-refractivity contribution in [3.05, 3.63) is 28.2 Å². The van der Waals surface area contributed by atoms with E-state index in [1.165, 1.54) is 12.1 Å². The van der Waals surface area contributed by atoms with Gasteiger partial charge in [0.2, 0.25) is 0 Å². The first-order valence-electron chi connectivity index (χ1n) is 6.66. The van der Waals surface area contributed by atoms with Crippen LogP contribution in [-0.4, -0.2) is 25.2 Å². The van der Waals surface area contributed by atoms with E-state index in [9.17, 15) is 13.2 Å². The molecule has 6 heteroatoms. The lowest BCUT2D eigenvalue weighted by Gasteiger charge is -2.21. The lowest BCUT2D eigenvalue weighted by molar-refractivity contribution is 0.0692. The molecule has 110 valence electrons. The SMILES string of the molecule is O=C(O)c1ccc(Br)cc1S(=O)(=O)CC1CCCCC1. The molecule has 0 radical (unpaired) electrons. The maximum atomic E-state index is 12.5. The molecule has 0 atom stereocenters. The molecular weight excluding hydrogens is 344 g/mol. The maximum Gasteiger partial charge on any atom is 0.337 e. The van der Waals surface area contributed by atoms with Gasteiger partial charge in [0.1, 0.15) is 0 Å². The van der Waals surface area contributed by atoms with Crippen molar-refractivity contribution < 1.29 is 18.3 Å². The summed E-state index contributed by atoms with van der Waals surface area (Å²) in [6, 6.07) is 4.27. The third-order valence-electron chi connectivity index (χ3n) is 3.69. The minimum atomic E-state index is -3.57. The number of benzene rings is 1. The van der Waals surface area contributed by atoms with Crippen LogP contribution in [0.15, 0.2) is 27.6 Å². The number of aromatic carboxylic acids is 1. The highest BCUT2D eigenvalue weighted by Crippen LogP contribution is 2.29. The van der Waals surface area contributed by atoms with Crippen LogP contribution in [0.3, 0.4) is 0 Å². The van der Waals surface area contributed by atoms with Crippen molar-refractivity contribution in [3.8, 4) is 0 Å². The molecule has 0 heterocycles. The summed E-state index contributed by atoms with van der Waals surface area (Å²) in [5.41, 5.74) is -0.149. The molecule has 1 aliphatic rings. The van der Waals surface area contributed by atoms with E-state index in [0.29, 0.717) is 4.47 Å². The Hall–Kier alpha value is -0.880. The Labute approximate surface area is 127 Å². The molecule has 0 amide bonds. The second kappa shape index (κ2) is 6.26. The fourth-order valence-electron chi connectivity index (χ4n) is 2.68. The topological polar surface area (TPSA) is 71.4 Å². The number of carboxylic acids is 1. The molecule has 0 spiro atoms. The van der Waals surface area contributed by atoms with Gasteiger partial charge in [-0.3, -0.25) is 0 Å². The van der Waals surface area contributed by atoms with Crippen molar-refractivity contribution in [1.82, 2.24) is 0 Å². The summed E-state index contributed by atoms with van der Waals surface area (Å²) in [7, 11) is -3.57. The van der Waals surface area contributed by atoms with Gasteiger partial charge in [-0.1, -0.05) is 35.2 Å². The number of carboxylic acid groups (broad SMARTS) is 1. The van der Waals surface area contributed by atoms with Crippen molar-refractivity contribution >= 4 is 31.7 Å². The van der Waals surface area contributed by atoms with Gasteiger partial charge in [-0.15, -0.1) is 0 Å². The first-order valence-corrected chi connectivity index (χ1v) is 9.10. The Morgan fingerprint density at radius 1 is 1.25 bits per heavy atom. The second-order valence-electron chi connectivity index (χ2n) is 5.23. The van der Waals surface area contributed by atoms with Crippen LogP contribution in [0.5, 0.6) is 0 Å². The summed E-state index contributed by atoms with van der Waals surface area (Å²) in [5.74, 6) is -1.02. The second-order valence-corrected chi connectivity index (χ2v) is 8.15. The van der Waals surface area contributed by atoms with Gasteiger partial charge in [-0.05, 0) is 37.0 Å². The fourth-order valence-corrected chi connectivity index (χ4v) is 5.13. The zero-order valence-corrected chi connectivity index (χ0v) is 13.4. The first kappa shape index (κ1) is 15.5. The third kappa shape index (κ3) is 3.61. The van der Waals surface area contributed by atoms with Gasteiger partial charge in [-0.25, -0.2) is 13.2 Å². The number of rotatable bonds is 4. The van der Waals surface area contributed by atoms with E-state index < -0.39 is 15.8 Å². The Kier molecular flexibility index (Phi) is 4.86. The standard InChI is InChI=1S/C14H17BrO4S/c15-11-6-7-12(14(16)17)13(8-11)20(18,19)9-10-4-2-1-3-5-10/h6-8,10H,1-5,9H2,(H,16,17). The number of halogens is 1. The lowest BCUT2D eigenvalue weighted by atomic mass is 9.91. The lowest BCUT2D eigenvalue weighted by Crippen LogP contribution is -2.20. The van der Waals surface area contributed by atoms with Crippen LogP contribution in [0.4, 0.5) is 0 Å². The van der Waals surface area contributed by atoms with E-state index in [1.54, 1.807) is 6.07 Å². The van der Waals surface area contributed by atoms with Crippen LogP contribution < -0.4 is 0 Å². The summed E-state index contributed by atoms with van der Waals surface area (Å²) in [6.45, 7) is 0. The Morgan fingerprint density at radius 2 is 1.90 bits per heavy atom. The van der Waals surface area contributed by atoms with E-state index in [0.717, 1.165) is 32.1 Å². The van der Waals surface area contributed by atoms with Crippen LogP contribution in [-0.2, 0) is 9.84 Å². The summed E-state index contributed by atoms with van der Waals surface area (Å²) in [5, 5.41) is 9.15. The summed E-state index contributed by atoms with van der Waals surface area (Å²) in [6.07, 6.45) is 5.11. The molecule has 1 aromatic carbocycles. The molecule has 0 bridgehead atoms. The first-order chi connectivity index (χ1) is 9.40. The average molecular weight is 361 g/mol. The van der Waals surface area contributed by atoms with Gasteiger partial charge in [0.25, 0.3) is 0 Å². The molecule has 1 saturated carbocycles. The molecule has 1 aromatic rings. The molecule has 20 heavy (non-hydrogen) atoms. The fraction of sp³-hybridized carbons (Fsp3) is 0.500. The van der Waals surface area contributed by atoms with Crippen LogP contribution in [0.2, 0.25) is 0 Å². The zero-order valence-electron chi connectivity index (χ0n) is 11.0. The van der Waals surface area contributed by atoms with Gasteiger partial charge in [0.15, 0.2) is 9.84 Å². The Morgan fingerprint density at radius 3 is 2.50 bits per heavy atom. The van der Waals surface area contributed by atoms with E-state index in [-0.39, 0.29) is 22.1 Å². The molecular formula is C14H17BrO4S. The normalized spacial score (nSPS) is 17.1.